The van der Waals surface area contributed by atoms with Crippen LogP contribution >= 0.6 is 11.8 Å². The molecule has 2 fully saturated rings. The van der Waals surface area contributed by atoms with Crippen molar-refractivity contribution in [1.29, 1.82) is 0 Å². The van der Waals surface area contributed by atoms with E-state index in [0.717, 1.165) is 24.4 Å². The molecule has 1 amide bonds. The van der Waals surface area contributed by atoms with Gasteiger partial charge in [0.05, 0.1) is 18.1 Å². The highest BCUT2D eigenvalue weighted by Crippen LogP contribution is 2.51. The number of aliphatic hydroxyl groups is 1. The molecule has 0 unspecified atom stereocenters. The van der Waals surface area contributed by atoms with E-state index in [1.807, 2.05) is 14.0 Å². The van der Waals surface area contributed by atoms with E-state index >= 15 is 0 Å². The molecule has 0 aliphatic carbocycles. The van der Waals surface area contributed by atoms with Crippen molar-refractivity contribution in [2.45, 2.75) is 43.7 Å². The zero-order chi connectivity index (χ0) is 17.6. The van der Waals surface area contributed by atoms with Crippen LogP contribution in [0.15, 0.2) is 10.6 Å². The third kappa shape index (κ3) is 2.75. The maximum atomic E-state index is 12.3. The Balaban J connectivity index is 1.79. The fraction of sp³-hybridized carbons (Fsp3) is 0.750. The molecule has 7 nitrogen and oxygen atoms in total. The van der Waals surface area contributed by atoms with Crippen LogP contribution in [0.25, 0.3) is 0 Å². The van der Waals surface area contributed by atoms with Crippen molar-refractivity contribution in [3.8, 4) is 0 Å². The minimum Gasteiger partial charge on any atom is -0.477 e. The molecule has 8 heteroatoms. The number of aliphatic hydroxyl groups excluding tert-OH is 1. The maximum Gasteiger partial charge on any atom is 0.353 e. The van der Waals surface area contributed by atoms with Gasteiger partial charge in [-0.15, -0.1) is 11.8 Å². The summed E-state index contributed by atoms with van der Waals surface area (Å²) in [7, 11) is 1.92. The molecule has 0 saturated carbocycles. The Kier molecular flexibility index (Phi) is 4.92. The second-order valence-electron chi connectivity index (χ2n) is 6.91. The third-order valence-electron chi connectivity index (χ3n) is 5.24. The first-order valence-corrected chi connectivity index (χ1v) is 9.28. The average molecular weight is 355 g/mol. The van der Waals surface area contributed by atoms with Crippen LogP contribution in [0.1, 0.15) is 20.3 Å². The summed E-state index contributed by atoms with van der Waals surface area (Å²) in [5.74, 6) is -1.87. The van der Waals surface area contributed by atoms with Gasteiger partial charge in [0.2, 0.25) is 5.91 Å². The van der Waals surface area contributed by atoms with E-state index in [1.165, 1.54) is 4.90 Å². The van der Waals surface area contributed by atoms with Crippen molar-refractivity contribution in [3.63, 3.8) is 0 Å². The van der Waals surface area contributed by atoms with Crippen molar-refractivity contribution < 1.29 is 19.8 Å². The van der Waals surface area contributed by atoms with Crippen molar-refractivity contribution in [1.82, 2.24) is 15.5 Å². The highest BCUT2D eigenvalue weighted by Gasteiger charge is 2.60. The smallest absolute Gasteiger partial charge is 0.353 e. The van der Waals surface area contributed by atoms with Crippen molar-refractivity contribution in [2.75, 3.05) is 20.1 Å². The lowest BCUT2D eigenvalue weighted by Crippen LogP contribution is -2.63. The molecule has 2 saturated heterocycles. The van der Waals surface area contributed by atoms with E-state index in [9.17, 15) is 19.8 Å². The first kappa shape index (κ1) is 17.7. The van der Waals surface area contributed by atoms with Crippen molar-refractivity contribution in [2.24, 2.45) is 11.8 Å². The quantitative estimate of drug-likeness (QED) is 0.490. The number of carbonyl (C=O) groups is 2. The van der Waals surface area contributed by atoms with E-state index < -0.39 is 18.0 Å². The number of β-lactam (4-membered cyclic amide) rings is 1. The lowest BCUT2D eigenvalue weighted by atomic mass is 9.79. The normalized spacial score (nSPS) is 36.8. The second-order valence-corrected chi connectivity index (χ2v) is 8.25. The second kappa shape index (κ2) is 6.67. The summed E-state index contributed by atoms with van der Waals surface area (Å²) in [5, 5.41) is 26.4. The van der Waals surface area contributed by atoms with Gasteiger partial charge in [-0.2, -0.15) is 0 Å². The van der Waals surface area contributed by atoms with Gasteiger partial charge < -0.3 is 25.7 Å². The number of nitrogens with zero attached hydrogens (tertiary/aromatic N) is 1. The predicted octanol–water partition coefficient (Wildman–Crippen LogP) is -0.177. The highest BCUT2D eigenvalue weighted by molar-refractivity contribution is 8.03. The molecular weight excluding hydrogens is 330 g/mol. The number of fused-ring (bicyclic) bond motifs is 1. The molecule has 6 atom stereocenters. The van der Waals surface area contributed by atoms with Crippen LogP contribution in [0.3, 0.4) is 0 Å². The topological polar surface area (TPSA) is 102 Å². The maximum absolute atomic E-state index is 12.3. The first-order valence-electron chi connectivity index (χ1n) is 8.40. The molecule has 134 valence electrons. The van der Waals surface area contributed by atoms with Crippen LogP contribution in [0, 0.1) is 11.8 Å². The van der Waals surface area contributed by atoms with Gasteiger partial charge in [0.25, 0.3) is 0 Å². The Morgan fingerprint density at radius 2 is 2.25 bits per heavy atom. The van der Waals surface area contributed by atoms with Crippen LogP contribution in [0.4, 0.5) is 0 Å². The van der Waals surface area contributed by atoms with E-state index in [2.05, 4.69) is 10.6 Å². The Hall–Kier alpha value is -1.09. The molecule has 0 bridgehead atoms. The van der Waals surface area contributed by atoms with E-state index in [1.54, 1.807) is 18.7 Å². The summed E-state index contributed by atoms with van der Waals surface area (Å²) in [6, 6.07) is 0.163. The fourth-order valence-corrected chi connectivity index (χ4v) is 5.65. The summed E-state index contributed by atoms with van der Waals surface area (Å²) in [5.41, 5.74) is 0.122. The zero-order valence-electron chi connectivity index (χ0n) is 14.2. The molecule has 3 heterocycles. The van der Waals surface area contributed by atoms with Gasteiger partial charge >= 0.3 is 5.97 Å². The number of carboxylic acid groups (broad SMARTS) is 1. The van der Waals surface area contributed by atoms with Gasteiger partial charge in [-0.1, -0.05) is 6.92 Å². The molecule has 0 aromatic carbocycles. The number of likely N-dealkylation sites (N-methyl/N-ethyl adjacent to an activating group) is 1. The number of amides is 1. The Labute approximate surface area is 145 Å². The summed E-state index contributed by atoms with van der Waals surface area (Å²) < 4.78 is 0. The van der Waals surface area contributed by atoms with Gasteiger partial charge in [0, 0.05) is 35.2 Å². The van der Waals surface area contributed by atoms with E-state index in [0.29, 0.717) is 11.3 Å². The van der Waals surface area contributed by atoms with Crippen LogP contribution in [-0.4, -0.2) is 70.6 Å². The molecular formula is C16H25N3O4S. The average Bonchev–Trinajstić information content (AvgIpc) is 3.02. The molecule has 0 aromatic heterocycles. The molecule has 0 aromatic rings. The number of aliphatic carboxylic acids is 1. The number of thioether (sulfide) groups is 1. The van der Waals surface area contributed by atoms with Crippen LogP contribution < -0.4 is 10.6 Å². The first-order chi connectivity index (χ1) is 11.4. The molecule has 3 aliphatic rings. The minimum absolute atomic E-state index is 0.0539. The fourth-order valence-electron chi connectivity index (χ4n) is 4.13. The Bertz CT molecular complexity index is 580. The molecule has 24 heavy (non-hydrogen) atoms. The molecule has 0 radical (unpaired) electrons. The standard InChI is InChI=1S/C16H25N3O4S/c1-7-12-11(8(2)20)15(21)19(12)13(16(22)23)14(7)24-10-4-9(5-17-3)18-6-10/h7-12,17-18,20H,4-6H2,1-3H3,(H,22,23)/t7-,8-,9+,10+,11-,12-/m1/s1. The molecule has 3 rings (SSSR count). The van der Waals surface area contributed by atoms with Gasteiger partial charge in [-0.25, -0.2) is 4.79 Å². The largest absolute Gasteiger partial charge is 0.477 e. The highest BCUT2D eigenvalue weighted by atomic mass is 32.2. The predicted molar refractivity (Wildman–Crippen MR) is 91.3 cm³/mol. The van der Waals surface area contributed by atoms with Crippen molar-refractivity contribution >= 4 is 23.6 Å². The minimum atomic E-state index is -1.05. The third-order valence-corrected chi connectivity index (χ3v) is 6.75. The SMILES string of the molecule is CNC[C@@H]1C[C@H](SC2=C(C(=O)O)N3C(=O)[C@H]([C@@H](C)O)[C@H]3[C@H]2C)CN1. The monoisotopic (exact) mass is 355 g/mol. The lowest BCUT2D eigenvalue weighted by molar-refractivity contribution is -0.163. The number of rotatable bonds is 6. The Morgan fingerprint density at radius 1 is 1.54 bits per heavy atom. The molecule has 0 spiro atoms. The molecule has 4 N–H and O–H groups in total. The summed E-state index contributed by atoms with van der Waals surface area (Å²) in [6.45, 7) is 5.28. The number of carbonyl (C=O) groups excluding carboxylic acids is 1. The van der Waals surface area contributed by atoms with Gasteiger partial charge in [-0.05, 0) is 20.4 Å². The number of carboxylic acids is 1. The van der Waals surface area contributed by atoms with Crippen molar-refractivity contribution in [3.05, 3.63) is 10.6 Å². The van der Waals surface area contributed by atoms with Crippen LogP contribution in [-0.2, 0) is 9.59 Å². The zero-order valence-corrected chi connectivity index (χ0v) is 15.0. The van der Waals surface area contributed by atoms with Gasteiger partial charge in [0.15, 0.2) is 0 Å². The summed E-state index contributed by atoms with van der Waals surface area (Å²) in [4.78, 5) is 26.2. The number of hydrogen-bond donors (Lipinski definition) is 4. The van der Waals surface area contributed by atoms with Crippen LogP contribution in [0.5, 0.6) is 0 Å². The lowest BCUT2D eigenvalue weighted by Gasteiger charge is -2.46. The number of nitrogens with one attached hydrogen (secondary N) is 2. The van der Waals surface area contributed by atoms with Gasteiger partial charge in [-0.3, -0.25) is 4.79 Å². The number of hydrogen-bond acceptors (Lipinski definition) is 6. The van der Waals surface area contributed by atoms with Crippen LogP contribution in [0.2, 0.25) is 0 Å². The van der Waals surface area contributed by atoms with Gasteiger partial charge in [0.1, 0.15) is 5.70 Å². The van der Waals surface area contributed by atoms with E-state index in [4.69, 9.17) is 0 Å². The molecule has 3 aliphatic heterocycles. The Morgan fingerprint density at radius 3 is 2.83 bits per heavy atom. The van der Waals surface area contributed by atoms with E-state index in [-0.39, 0.29) is 23.6 Å². The summed E-state index contributed by atoms with van der Waals surface area (Å²) in [6.07, 6.45) is 0.210. The summed E-state index contributed by atoms with van der Waals surface area (Å²) >= 11 is 1.59.